The third-order valence-corrected chi connectivity index (χ3v) is 3.99. The van der Waals surface area contributed by atoms with Crippen LogP contribution >= 0.6 is 0 Å². The molecule has 0 atom stereocenters. The Morgan fingerprint density at radius 3 is 2.78 bits per heavy atom. The number of amides is 1. The van der Waals surface area contributed by atoms with Crippen LogP contribution in [0.3, 0.4) is 0 Å². The van der Waals surface area contributed by atoms with Crippen molar-refractivity contribution in [1.29, 1.82) is 0 Å². The summed E-state index contributed by atoms with van der Waals surface area (Å²) in [6.07, 6.45) is 0. The Balaban J connectivity index is 1.52. The summed E-state index contributed by atoms with van der Waals surface area (Å²) in [6.45, 7) is 6.91. The van der Waals surface area contributed by atoms with Crippen molar-refractivity contribution in [1.82, 2.24) is 20.4 Å². The molecule has 23 heavy (non-hydrogen) atoms. The first-order valence-electron chi connectivity index (χ1n) is 7.93. The molecule has 0 unspecified atom stereocenters. The molecule has 2 N–H and O–H groups in total. The molecule has 6 nitrogen and oxygen atoms in total. The standard InChI is InChI=1S/C17H22N4O2/c1-13-2-4-14(5-3-13)15-12-16(20-19-15)17(22)18-6-7-21-8-10-23-11-9-21/h2-5,12H,6-11H2,1H3,(H,18,22)(H,19,20). The van der Waals surface area contributed by atoms with E-state index in [0.717, 1.165) is 44.1 Å². The zero-order valence-electron chi connectivity index (χ0n) is 13.3. The number of ether oxygens (including phenoxy) is 1. The van der Waals surface area contributed by atoms with Gasteiger partial charge in [-0.1, -0.05) is 29.8 Å². The molecule has 6 heteroatoms. The summed E-state index contributed by atoms with van der Waals surface area (Å²) in [4.78, 5) is 14.4. The first-order chi connectivity index (χ1) is 11.2. The number of aromatic amines is 1. The lowest BCUT2D eigenvalue weighted by Crippen LogP contribution is -2.41. The summed E-state index contributed by atoms with van der Waals surface area (Å²) in [7, 11) is 0. The number of H-pyrrole nitrogens is 1. The number of rotatable bonds is 5. The van der Waals surface area contributed by atoms with Crippen molar-refractivity contribution >= 4 is 5.91 Å². The largest absolute Gasteiger partial charge is 0.379 e. The maximum atomic E-state index is 12.2. The Hall–Kier alpha value is -2.18. The molecule has 1 aliphatic rings. The fraction of sp³-hybridized carbons (Fsp3) is 0.412. The van der Waals surface area contributed by atoms with Crippen LogP contribution in [0, 0.1) is 6.92 Å². The average Bonchev–Trinajstić information content (AvgIpc) is 3.06. The summed E-state index contributed by atoms with van der Waals surface area (Å²) < 4.78 is 5.31. The van der Waals surface area contributed by atoms with E-state index in [-0.39, 0.29) is 5.91 Å². The predicted molar refractivity (Wildman–Crippen MR) is 88.4 cm³/mol. The Bertz CT molecular complexity index is 645. The molecule has 3 rings (SSSR count). The van der Waals surface area contributed by atoms with Gasteiger partial charge in [-0.25, -0.2) is 0 Å². The van der Waals surface area contributed by atoms with Crippen LogP contribution in [0.4, 0.5) is 0 Å². The normalized spacial score (nSPS) is 15.5. The summed E-state index contributed by atoms with van der Waals surface area (Å²) in [6, 6.07) is 9.87. The molecule has 0 aliphatic carbocycles. The maximum absolute atomic E-state index is 12.2. The highest BCUT2D eigenvalue weighted by molar-refractivity contribution is 5.93. The van der Waals surface area contributed by atoms with E-state index in [1.807, 2.05) is 31.2 Å². The van der Waals surface area contributed by atoms with Gasteiger partial charge in [-0.05, 0) is 13.0 Å². The highest BCUT2D eigenvalue weighted by atomic mass is 16.5. The lowest BCUT2D eigenvalue weighted by molar-refractivity contribution is 0.0383. The molecule has 1 saturated heterocycles. The minimum absolute atomic E-state index is 0.121. The lowest BCUT2D eigenvalue weighted by Gasteiger charge is -2.26. The summed E-state index contributed by atoms with van der Waals surface area (Å²) in [5, 5.41) is 9.96. The van der Waals surface area contributed by atoms with Gasteiger partial charge in [-0.15, -0.1) is 0 Å². The number of nitrogens with zero attached hydrogens (tertiary/aromatic N) is 2. The van der Waals surface area contributed by atoms with Gasteiger partial charge in [0.05, 0.1) is 18.9 Å². The average molecular weight is 314 g/mol. The van der Waals surface area contributed by atoms with Crippen LogP contribution in [0.2, 0.25) is 0 Å². The number of carbonyl (C=O) groups is 1. The van der Waals surface area contributed by atoms with Crippen molar-refractivity contribution in [3.63, 3.8) is 0 Å². The van der Waals surface area contributed by atoms with Crippen LogP contribution in [-0.4, -0.2) is 60.4 Å². The topological polar surface area (TPSA) is 70.2 Å². The Kier molecular flexibility index (Phi) is 5.05. The number of benzene rings is 1. The van der Waals surface area contributed by atoms with E-state index in [0.29, 0.717) is 12.2 Å². The minimum atomic E-state index is -0.121. The number of nitrogens with one attached hydrogen (secondary N) is 2. The summed E-state index contributed by atoms with van der Waals surface area (Å²) in [5.74, 6) is -0.121. The van der Waals surface area contributed by atoms with Gasteiger partial charge in [0.25, 0.3) is 5.91 Å². The van der Waals surface area contributed by atoms with E-state index in [9.17, 15) is 4.79 Å². The Labute approximate surface area is 135 Å². The summed E-state index contributed by atoms with van der Waals surface area (Å²) in [5.41, 5.74) is 3.47. The Morgan fingerprint density at radius 2 is 2.04 bits per heavy atom. The number of morpholine rings is 1. The van der Waals surface area contributed by atoms with Crippen molar-refractivity contribution in [3.8, 4) is 11.3 Å². The number of aromatic nitrogens is 2. The molecule has 1 amide bonds. The van der Waals surface area contributed by atoms with Gasteiger partial charge in [0.2, 0.25) is 0 Å². The zero-order valence-corrected chi connectivity index (χ0v) is 13.3. The van der Waals surface area contributed by atoms with Gasteiger partial charge in [-0.2, -0.15) is 5.10 Å². The molecular formula is C17H22N4O2. The van der Waals surface area contributed by atoms with E-state index in [1.165, 1.54) is 5.56 Å². The first-order valence-corrected chi connectivity index (χ1v) is 7.93. The van der Waals surface area contributed by atoms with Gasteiger partial charge >= 0.3 is 0 Å². The number of carbonyl (C=O) groups excluding carboxylic acids is 1. The molecule has 1 aliphatic heterocycles. The molecule has 0 spiro atoms. The molecule has 1 aromatic heterocycles. The van der Waals surface area contributed by atoms with Crippen LogP contribution in [0.5, 0.6) is 0 Å². The van der Waals surface area contributed by atoms with Crippen LogP contribution < -0.4 is 5.32 Å². The van der Waals surface area contributed by atoms with E-state index in [1.54, 1.807) is 6.07 Å². The smallest absolute Gasteiger partial charge is 0.269 e. The van der Waals surface area contributed by atoms with Gasteiger partial charge < -0.3 is 10.1 Å². The number of hydrogen-bond acceptors (Lipinski definition) is 4. The quantitative estimate of drug-likeness (QED) is 0.876. The lowest BCUT2D eigenvalue weighted by atomic mass is 10.1. The van der Waals surface area contributed by atoms with Gasteiger partial charge in [0.15, 0.2) is 0 Å². The van der Waals surface area contributed by atoms with E-state index in [4.69, 9.17) is 4.74 Å². The van der Waals surface area contributed by atoms with Crippen LogP contribution in [0.1, 0.15) is 16.1 Å². The van der Waals surface area contributed by atoms with Gasteiger partial charge in [0.1, 0.15) is 5.69 Å². The molecule has 0 saturated carbocycles. The molecule has 1 fully saturated rings. The minimum Gasteiger partial charge on any atom is -0.379 e. The highest BCUT2D eigenvalue weighted by Crippen LogP contribution is 2.18. The summed E-state index contributed by atoms with van der Waals surface area (Å²) >= 11 is 0. The second-order valence-electron chi connectivity index (χ2n) is 5.74. The molecular weight excluding hydrogens is 292 g/mol. The molecule has 1 aromatic carbocycles. The van der Waals surface area contributed by atoms with E-state index < -0.39 is 0 Å². The fourth-order valence-electron chi connectivity index (χ4n) is 2.56. The zero-order chi connectivity index (χ0) is 16.1. The highest BCUT2D eigenvalue weighted by Gasteiger charge is 2.13. The van der Waals surface area contributed by atoms with Crippen LogP contribution in [0.15, 0.2) is 30.3 Å². The Morgan fingerprint density at radius 1 is 1.30 bits per heavy atom. The maximum Gasteiger partial charge on any atom is 0.269 e. The second kappa shape index (κ2) is 7.39. The third-order valence-electron chi connectivity index (χ3n) is 3.99. The van der Waals surface area contributed by atoms with E-state index in [2.05, 4.69) is 20.4 Å². The predicted octanol–water partition coefficient (Wildman–Crippen LogP) is 1.45. The molecule has 0 bridgehead atoms. The van der Waals surface area contributed by atoms with Crippen molar-refractivity contribution in [2.24, 2.45) is 0 Å². The molecule has 122 valence electrons. The number of hydrogen-bond donors (Lipinski definition) is 2. The monoisotopic (exact) mass is 314 g/mol. The van der Waals surface area contributed by atoms with Crippen molar-refractivity contribution in [2.45, 2.75) is 6.92 Å². The molecule has 2 heterocycles. The van der Waals surface area contributed by atoms with Crippen molar-refractivity contribution in [2.75, 3.05) is 39.4 Å². The van der Waals surface area contributed by atoms with Gasteiger partial charge in [-0.3, -0.25) is 14.8 Å². The van der Waals surface area contributed by atoms with Crippen LogP contribution in [-0.2, 0) is 4.74 Å². The van der Waals surface area contributed by atoms with Crippen molar-refractivity contribution in [3.05, 3.63) is 41.6 Å². The molecule has 2 aromatic rings. The van der Waals surface area contributed by atoms with Crippen LogP contribution in [0.25, 0.3) is 11.3 Å². The van der Waals surface area contributed by atoms with Crippen molar-refractivity contribution < 1.29 is 9.53 Å². The SMILES string of the molecule is Cc1ccc(-c2cc(C(=O)NCCN3CCOCC3)[nH]n2)cc1. The fourth-order valence-corrected chi connectivity index (χ4v) is 2.56. The number of aryl methyl sites for hydroxylation is 1. The third kappa shape index (κ3) is 4.18. The second-order valence-corrected chi connectivity index (χ2v) is 5.74. The van der Waals surface area contributed by atoms with Gasteiger partial charge in [0, 0.05) is 31.7 Å². The molecule has 0 radical (unpaired) electrons. The van der Waals surface area contributed by atoms with E-state index >= 15 is 0 Å². The first kappa shape index (κ1) is 15.7.